The molecule has 0 amide bonds. The molecule has 0 heterocycles. The first-order chi connectivity index (χ1) is 7.99. The second kappa shape index (κ2) is 4.45. The molecule has 1 aliphatic rings. The van der Waals surface area contributed by atoms with Crippen molar-refractivity contribution in [2.45, 2.75) is 58.5 Å². The maximum atomic E-state index is 11.1. The van der Waals surface area contributed by atoms with Gasteiger partial charge in [-0.2, -0.15) is 0 Å². The van der Waals surface area contributed by atoms with Crippen molar-refractivity contribution in [3.05, 3.63) is 35.4 Å². The Hall–Kier alpha value is -0.820. The molecule has 17 heavy (non-hydrogen) atoms. The first kappa shape index (κ1) is 12.6. The largest absolute Gasteiger partial charge is 0.385 e. The lowest BCUT2D eigenvalue weighted by atomic mass is 9.62. The van der Waals surface area contributed by atoms with Gasteiger partial charge in [0.25, 0.3) is 0 Å². The van der Waals surface area contributed by atoms with Gasteiger partial charge in [-0.3, -0.25) is 0 Å². The van der Waals surface area contributed by atoms with Crippen LogP contribution >= 0.6 is 0 Å². The Morgan fingerprint density at radius 1 is 1.18 bits per heavy atom. The number of rotatable bonds is 2. The lowest BCUT2D eigenvalue weighted by molar-refractivity contribution is -0.103. The molecule has 1 saturated carbocycles. The van der Waals surface area contributed by atoms with Gasteiger partial charge in [-0.25, -0.2) is 0 Å². The highest BCUT2D eigenvalue weighted by Crippen LogP contribution is 2.50. The van der Waals surface area contributed by atoms with E-state index < -0.39 is 5.60 Å². The zero-order valence-corrected chi connectivity index (χ0v) is 11.3. The molecule has 1 nitrogen and oxygen atoms in total. The van der Waals surface area contributed by atoms with Crippen LogP contribution in [0.5, 0.6) is 0 Å². The summed E-state index contributed by atoms with van der Waals surface area (Å²) in [6.07, 6.45) is 5.41. The average Bonchev–Trinajstić information content (AvgIpc) is 2.33. The summed E-state index contributed by atoms with van der Waals surface area (Å²) < 4.78 is 0. The minimum Gasteiger partial charge on any atom is -0.385 e. The molecule has 94 valence electrons. The average molecular weight is 232 g/mol. The van der Waals surface area contributed by atoms with Gasteiger partial charge in [-0.15, -0.1) is 0 Å². The third kappa shape index (κ3) is 2.13. The van der Waals surface area contributed by atoms with Gasteiger partial charge in [0.05, 0.1) is 5.60 Å². The predicted molar refractivity (Wildman–Crippen MR) is 72.0 cm³/mol. The number of aryl methyl sites for hydroxylation is 1. The standard InChI is InChI=1S/C16H24O/c1-4-13-8-7-9-14(12-13)16(17)11-6-5-10-15(16,2)3/h7-9,12,17H,4-6,10-11H2,1-3H3. The monoisotopic (exact) mass is 232 g/mol. The molecule has 2 rings (SSSR count). The normalized spacial score (nSPS) is 28.0. The highest BCUT2D eigenvalue weighted by atomic mass is 16.3. The van der Waals surface area contributed by atoms with Gasteiger partial charge in [0.2, 0.25) is 0 Å². The molecular weight excluding hydrogens is 208 g/mol. The van der Waals surface area contributed by atoms with E-state index in [1.807, 2.05) is 0 Å². The summed E-state index contributed by atoms with van der Waals surface area (Å²) >= 11 is 0. The number of hydrogen-bond acceptors (Lipinski definition) is 1. The van der Waals surface area contributed by atoms with Crippen molar-refractivity contribution >= 4 is 0 Å². The van der Waals surface area contributed by atoms with Crippen molar-refractivity contribution in [3.8, 4) is 0 Å². The van der Waals surface area contributed by atoms with Crippen LogP contribution < -0.4 is 0 Å². The van der Waals surface area contributed by atoms with Crippen molar-refractivity contribution in [2.24, 2.45) is 5.41 Å². The van der Waals surface area contributed by atoms with Gasteiger partial charge in [-0.1, -0.05) is 57.9 Å². The highest BCUT2D eigenvalue weighted by molar-refractivity contribution is 5.30. The summed E-state index contributed by atoms with van der Waals surface area (Å²) in [7, 11) is 0. The molecule has 1 heteroatoms. The lowest BCUT2D eigenvalue weighted by Gasteiger charge is -2.47. The molecule has 1 aliphatic carbocycles. The Bertz CT molecular complexity index is 394. The van der Waals surface area contributed by atoms with E-state index in [2.05, 4.69) is 45.0 Å². The number of benzene rings is 1. The van der Waals surface area contributed by atoms with Crippen LogP contribution in [-0.4, -0.2) is 5.11 Å². The first-order valence-corrected chi connectivity index (χ1v) is 6.81. The second-order valence-electron chi connectivity index (χ2n) is 6.01. The van der Waals surface area contributed by atoms with Crippen LogP contribution in [0.3, 0.4) is 0 Å². The van der Waals surface area contributed by atoms with Crippen molar-refractivity contribution in [1.29, 1.82) is 0 Å². The van der Waals surface area contributed by atoms with Crippen LogP contribution in [0.25, 0.3) is 0 Å². The van der Waals surface area contributed by atoms with Crippen LogP contribution in [0, 0.1) is 5.41 Å². The van der Waals surface area contributed by atoms with Gasteiger partial charge in [0.1, 0.15) is 0 Å². The SMILES string of the molecule is CCc1cccc(C2(O)CCCCC2(C)C)c1. The summed E-state index contributed by atoms with van der Waals surface area (Å²) in [6, 6.07) is 8.50. The Morgan fingerprint density at radius 2 is 1.88 bits per heavy atom. The van der Waals surface area contributed by atoms with E-state index in [-0.39, 0.29) is 5.41 Å². The number of hydrogen-bond donors (Lipinski definition) is 1. The van der Waals surface area contributed by atoms with Gasteiger partial charge in [-0.05, 0) is 35.8 Å². The smallest absolute Gasteiger partial charge is 0.0947 e. The Labute approximate surface area is 105 Å². The Morgan fingerprint density at radius 3 is 2.53 bits per heavy atom. The predicted octanol–water partition coefficient (Wildman–Crippen LogP) is 4.04. The summed E-state index contributed by atoms with van der Waals surface area (Å²) in [5.74, 6) is 0. The molecule has 1 aromatic rings. The molecule has 1 aromatic carbocycles. The molecule has 0 aromatic heterocycles. The Balaban J connectivity index is 2.41. The zero-order chi connectivity index (χ0) is 12.5. The van der Waals surface area contributed by atoms with Crippen LogP contribution in [0.1, 0.15) is 57.6 Å². The first-order valence-electron chi connectivity index (χ1n) is 6.81. The van der Waals surface area contributed by atoms with Gasteiger partial charge in [0, 0.05) is 0 Å². The van der Waals surface area contributed by atoms with Crippen LogP contribution in [0.4, 0.5) is 0 Å². The van der Waals surface area contributed by atoms with E-state index in [1.165, 1.54) is 12.0 Å². The van der Waals surface area contributed by atoms with Crippen molar-refractivity contribution in [3.63, 3.8) is 0 Å². The maximum absolute atomic E-state index is 11.1. The van der Waals surface area contributed by atoms with Gasteiger partial charge in [0.15, 0.2) is 0 Å². The summed E-state index contributed by atoms with van der Waals surface area (Å²) in [6.45, 7) is 6.56. The van der Waals surface area contributed by atoms with E-state index in [4.69, 9.17) is 0 Å². The third-order valence-corrected chi connectivity index (χ3v) is 4.52. The van der Waals surface area contributed by atoms with Crippen LogP contribution in [0.15, 0.2) is 24.3 Å². The molecule has 0 spiro atoms. The van der Waals surface area contributed by atoms with Crippen molar-refractivity contribution < 1.29 is 5.11 Å². The molecule has 0 radical (unpaired) electrons. The molecular formula is C16H24O. The van der Waals surface area contributed by atoms with Crippen LogP contribution in [-0.2, 0) is 12.0 Å². The van der Waals surface area contributed by atoms with Gasteiger partial charge >= 0.3 is 0 Å². The fourth-order valence-electron chi connectivity index (χ4n) is 3.08. The fourth-order valence-corrected chi connectivity index (χ4v) is 3.08. The topological polar surface area (TPSA) is 20.2 Å². The van der Waals surface area contributed by atoms with Crippen molar-refractivity contribution in [1.82, 2.24) is 0 Å². The molecule has 1 unspecified atom stereocenters. The lowest BCUT2D eigenvalue weighted by Crippen LogP contribution is -2.44. The van der Waals surface area contributed by atoms with Crippen LogP contribution in [0.2, 0.25) is 0 Å². The van der Waals surface area contributed by atoms with E-state index in [9.17, 15) is 5.11 Å². The van der Waals surface area contributed by atoms with E-state index in [0.29, 0.717) is 0 Å². The molecule has 0 bridgehead atoms. The van der Waals surface area contributed by atoms with Crippen molar-refractivity contribution in [2.75, 3.05) is 0 Å². The van der Waals surface area contributed by atoms with E-state index in [1.54, 1.807) is 0 Å². The van der Waals surface area contributed by atoms with E-state index >= 15 is 0 Å². The van der Waals surface area contributed by atoms with Gasteiger partial charge < -0.3 is 5.11 Å². The fraction of sp³-hybridized carbons (Fsp3) is 0.625. The summed E-state index contributed by atoms with van der Waals surface area (Å²) in [4.78, 5) is 0. The zero-order valence-electron chi connectivity index (χ0n) is 11.3. The highest BCUT2D eigenvalue weighted by Gasteiger charge is 2.46. The quantitative estimate of drug-likeness (QED) is 0.816. The molecule has 1 atom stereocenters. The molecule has 0 aliphatic heterocycles. The third-order valence-electron chi connectivity index (χ3n) is 4.52. The molecule has 1 N–H and O–H groups in total. The molecule has 0 saturated heterocycles. The number of aliphatic hydroxyl groups is 1. The minimum absolute atomic E-state index is 0.0163. The molecule has 1 fully saturated rings. The summed E-state index contributed by atoms with van der Waals surface area (Å²) in [5, 5.41) is 11.1. The Kier molecular flexibility index (Phi) is 3.31. The maximum Gasteiger partial charge on any atom is 0.0947 e. The second-order valence-corrected chi connectivity index (χ2v) is 6.01. The minimum atomic E-state index is -0.642. The summed E-state index contributed by atoms with van der Waals surface area (Å²) in [5.41, 5.74) is 1.77. The van der Waals surface area contributed by atoms with E-state index in [0.717, 1.165) is 31.2 Å².